The predicted octanol–water partition coefficient (Wildman–Crippen LogP) is 3.79. The summed E-state index contributed by atoms with van der Waals surface area (Å²) in [6.45, 7) is 2.97. The van der Waals surface area contributed by atoms with Gasteiger partial charge in [0.25, 0.3) is 0 Å². The lowest BCUT2D eigenvalue weighted by atomic mass is 10.1. The fourth-order valence-corrected chi connectivity index (χ4v) is 1.99. The van der Waals surface area contributed by atoms with Crippen molar-refractivity contribution >= 4 is 21.7 Å². The molecule has 17 heavy (non-hydrogen) atoms. The summed E-state index contributed by atoms with van der Waals surface area (Å²) in [7, 11) is 2.05. The van der Waals surface area contributed by atoms with Crippen LogP contribution in [0.3, 0.4) is 0 Å². The molecule has 0 saturated heterocycles. The Balaban J connectivity index is 2.11. The summed E-state index contributed by atoms with van der Waals surface area (Å²) >= 11 is 3.39. The molecule has 0 bridgehead atoms. The molecule has 1 heterocycles. The average Bonchev–Trinajstić information content (AvgIpc) is 2.32. The van der Waals surface area contributed by atoms with Crippen LogP contribution in [0, 0.1) is 6.92 Å². The van der Waals surface area contributed by atoms with Crippen LogP contribution in [-0.2, 0) is 6.54 Å². The van der Waals surface area contributed by atoms with Gasteiger partial charge in [0.1, 0.15) is 10.4 Å². The van der Waals surface area contributed by atoms with E-state index in [1.807, 2.05) is 18.2 Å². The summed E-state index contributed by atoms with van der Waals surface area (Å²) in [5, 5.41) is 0. The molecule has 0 aliphatic rings. The lowest BCUT2D eigenvalue weighted by molar-refractivity contribution is 0.894. The Hall–Kier alpha value is -1.35. The Morgan fingerprint density at radius 3 is 2.47 bits per heavy atom. The number of nitrogens with zero attached hydrogens (tertiary/aromatic N) is 2. The van der Waals surface area contributed by atoms with Gasteiger partial charge in [-0.05, 0) is 40.5 Å². The zero-order chi connectivity index (χ0) is 12.3. The first kappa shape index (κ1) is 12.1. The normalized spacial score (nSPS) is 10.3. The van der Waals surface area contributed by atoms with Gasteiger partial charge in [-0.2, -0.15) is 0 Å². The molecule has 3 heteroatoms. The van der Waals surface area contributed by atoms with Gasteiger partial charge in [-0.3, -0.25) is 0 Å². The molecule has 0 aliphatic heterocycles. The fraction of sp³-hybridized carbons (Fsp3) is 0.214. The first-order valence-corrected chi connectivity index (χ1v) is 6.34. The van der Waals surface area contributed by atoms with E-state index in [0.717, 1.165) is 17.0 Å². The lowest BCUT2D eigenvalue weighted by Gasteiger charge is -2.18. The highest BCUT2D eigenvalue weighted by Crippen LogP contribution is 2.16. The smallest absolute Gasteiger partial charge is 0.129 e. The molecule has 0 atom stereocenters. The van der Waals surface area contributed by atoms with Crippen molar-refractivity contribution in [2.24, 2.45) is 0 Å². The minimum atomic E-state index is 0.865. The second kappa shape index (κ2) is 5.32. The summed E-state index contributed by atoms with van der Waals surface area (Å²) < 4.78 is 0.866. The molecule has 0 saturated carbocycles. The van der Waals surface area contributed by atoms with Crippen molar-refractivity contribution < 1.29 is 0 Å². The monoisotopic (exact) mass is 290 g/mol. The van der Waals surface area contributed by atoms with E-state index in [0.29, 0.717) is 0 Å². The highest BCUT2D eigenvalue weighted by molar-refractivity contribution is 9.10. The van der Waals surface area contributed by atoms with Crippen molar-refractivity contribution in [3.8, 4) is 0 Å². The van der Waals surface area contributed by atoms with Crippen LogP contribution < -0.4 is 4.90 Å². The number of rotatable bonds is 3. The van der Waals surface area contributed by atoms with Crippen molar-refractivity contribution in [1.82, 2.24) is 4.98 Å². The fourth-order valence-electron chi connectivity index (χ4n) is 1.66. The van der Waals surface area contributed by atoms with Gasteiger partial charge in [0.05, 0.1) is 0 Å². The SMILES string of the molecule is Cc1ccc(CN(C)c2cccc(Br)n2)cc1. The Labute approximate surface area is 110 Å². The second-order valence-corrected chi connectivity index (χ2v) is 4.97. The maximum absolute atomic E-state index is 4.43. The highest BCUT2D eigenvalue weighted by Gasteiger charge is 2.03. The van der Waals surface area contributed by atoms with Crippen molar-refractivity contribution in [1.29, 1.82) is 0 Å². The van der Waals surface area contributed by atoms with Crippen LogP contribution in [0.4, 0.5) is 5.82 Å². The van der Waals surface area contributed by atoms with Gasteiger partial charge in [-0.15, -0.1) is 0 Å². The topological polar surface area (TPSA) is 16.1 Å². The molecule has 2 aromatic rings. The number of aromatic nitrogens is 1. The van der Waals surface area contributed by atoms with E-state index in [1.165, 1.54) is 11.1 Å². The number of anilines is 1. The van der Waals surface area contributed by atoms with E-state index >= 15 is 0 Å². The first-order valence-electron chi connectivity index (χ1n) is 5.54. The van der Waals surface area contributed by atoms with Crippen LogP contribution >= 0.6 is 15.9 Å². The van der Waals surface area contributed by atoms with Crippen molar-refractivity contribution in [2.75, 3.05) is 11.9 Å². The van der Waals surface area contributed by atoms with E-state index in [4.69, 9.17) is 0 Å². The van der Waals surface area contributed by atoms with Gasteiger partial charge >= 0.3 is 0 Å². The van der Waals surface area contributed by atoms with Crippen molar-refractivity contribution in [3.05, 3.63) is 58.2 Å². The van der Waals surface area contributed by atoms with Gasteiger partial charge in [0.2, 0.25) is 0 Å². The standard InChI is InChI=1S/C14H15BrN2/c1-11-6-8-12(9-7-11)10-17(2)14-5-3-4-13(15)16-14/h3-9H,10H2,1-2H3. The molecule has 0 radical (unpaired) electrons. The number of halogens is 1. The summed E-state index contributed by atoms with van der Waals surface area (Å²) in [5.41, 5.74) is 2.58. The average molecular weight is 291 g/mol. The molecule has 0 unspecified atom stereocenters. The summed E-state index contributed by atoms with van der Waals surface area (Å²) in [5.74, 6) is 0.972. The molecular weight excluding hydrogens is 276 g/mol. The third-order valence-corrected chi connectivity index (χ3v) is 3.07. The largest absolute Gasteiger partial charge is 0.355 e. The van der Waals surface area contributed by atoms with Crippen molar-refractivity contribution in [3.63, 3.8) is 0 Å². The predicted molar refractivity (Wildman–Crippen MR) is 75.2 cm³/mol. The van der Waals surface area contributed by atoms with Gasteiger partial charge in [-0.1, -0.05) is 35.9 Å². The third-order valence-electron chi connectivity index (χ3n) is 2.63. The highest BCUT2D eigenvalue weighted by atomic mass is 79.9. The molecule has 0 fully saturated rings. The third kappa shape index (κ3) is 3.30. The van der Waals surface area contributed by atoms with Crippen LogP contribution in [-0.4, -0.2) is 12.0 Å². The van der Waals surface area contributed by atoms with Crippen LogP contribution in [0.25, 0.3) is 0 Å². The number of pyridine rings is 1. The summed E-state index contributed by atoms with van der Waals surface area (Å²) in [6.07, 6.45) is 0. The second-order valence-electron chi connectivity index (χ2n) is 4.16. The summed E-state index contributed by atoms with van der Waals surface area (Å²) in [4.78, 5) is 6.56. The molecule has 2 rings (SSSR count). The van der Waals surface area contributed by atoms with Gasteiger partial charge in [-0.25, -0.2) is 4.98 Å². The Morgan fingerprint density at radius 2 is 1.82 bits per heavy atom. The number of aryl methyl sites for hydroxylation is 1. The van der Waals surface area contributed by atoms with E-state index in [-0.39, 0.29) is 0 Å². The van der Waals surface area contributed by atoms with E-state index < -0.39 is 0 Å². The molecule has 0 amide bonds. The Kier molecular flexibility index (Phi) is 3.79. The molecule has 1 aromatic carbocycles. The van der Waals surface area contributed by atoms with Gasteiger partial charge in [0.15, 0.2) is 0 Å². The van der Waals surface area contributed by atoms with Crippen LogP contribution in [0.1, 0.15) is 11.1 Å². The van der Waals surface area contributed by atoms with Gasteiger partial charge < -0.3 is 4.90 Å². The molecule has 2 nitrogen and oxygen atoms in total. The van der Waals surface area contributed by atoms with E-state index in [2.05, 4.69) is 64.1 Å². The Morgan fingerprint density at radius 1 is 1.12 bits per heavy atom. The number of hydrogen-bond acceptors (Lipinski definition) is 2. The molecule has 0 spiro atoms. The van der Waals surface area contributed by atoms with Gasteiger partial charge in [0, 0.05) is 13.6 Å². The zero-order valence-electron chi connectivity index (χ0n) is 10.0. The lowest BCUT2D eigenvalue weighted by Crippen LogP contribution is -2.17. The first-order chi connectivity index (χ1) is 8.15. The number of benzene rings is 1. The minimum absolute atomic E-state index is 0.865. The summed E-state index contributed by atoms with van der Waals surface area (Å²) in [6, 6.07) is 14.5. The van der Waals surface area contributed by atoms with Crippen molar-refractivity contribution in [2.45, 2.75) is 13.5 Å². The maximum atomic E-state index is 4.43. The van der Waals surface area contributed by atoms with E-state index in [1.54, 1.807) is 0 Å². The van der Waals surface area contributed by atoms with Crippen LogP contribution in [0.5, 0.6) is 0 Å². The Bertz CT molecular complexity index is 494. The molecular formula is C14H15BrN2. The minimum Gasteiger partial charge on any atom is -0.355 e. The molecule has 0 N–H and O–H groups in total. The van der Waals surface area contributed by atoms with E-state index in [9.17, 15) is 0 Å². The molecule has 0 aliphatic carbocycles. The maximum Gasteiger partial charge on any atom is 0.129 e. The molecule has 1 aromatic heterocycles. The van der Waals surface area contributed by atoms with Crippen LogP contribution in [0.15, 0.2) is 47.1 Å². The zero-order valence-corrected chi connectivity index (χ0v) is 11.6. The number of hydrogen-bond donors (Lipinski definition) is 0. The van der Waals surface area contributed by atoms with Crippen LogP contribution in [0.2, 0.25) is 0 Å². The molecule has 88 valence electrons. The quantitative estimate of drug-likeness (QED) is 0.800.